The first-order valence-corrected chi connectivity index (χ1v) is 9.14. The Balaban J connectivity index is 1.62. The Morgan fingerprint density at radius 1 is 0.833 bits per heavy atom. The van der Waals surface area contributed by atoms with Gasteiger partial charge in [0.1, 0.15) is 0 Å². The van der Waals surface area contributed by atoms with Crippen molar-refractivity contribution < 1.29 is 19.5 Å². The summed E-state index contributed by atoms with van der Waals surface area (Å²) in [5, 5.41) is 16.3. The fraction of sp³-hybridized carbons (Fsp3) is 0. The number of benzene rings is 3. The molecule has 0 saturated heterocycles. The van der Waals surface area contributed by atoms with Crippen molar-refractivity contribution in [3.8, 4) is 0 Å². The molecular formula is C22H16ClN3O4. The molecule has 2 amide bonds. The van der Waals surface area contributed by atoms with Gasteiger partial charge in [-0.2, -0.15) is 5.10 Å². The van der Waals surface area contributed by atoms with E-state index < -0.39 is 17.8 Å². The van der Waals surface area contributed by atoms with Gasteiger partial charge < -0.3 is 10.4 Å². The van der Waals surface area contributed by atoms with Crippen LogP contribution < -0.4 is 10.7 Å². The van der Waals surface area contributed by atoms with Gasteiger partial charge in [0.2, 0.25) is 0 Å². The van der Waals surface area contributed by atoms with Gasteiger partial charge in [0, 0.05) is 16.3 Å². The second kappa shape index (κ2) is 9.49. The standard InChI is InChI=1S/C22H16ClN3O4/c23-16-9-5-14(6-10-16)13-24-26-20(27)15-7-11-17(12-8-15)25-21(28)18-3-1-2-4-19(18)22(29)30/h1-13H,(H,25,28)(H,26,27)(H,29,30)/b24-13+. The number of rotatable bonds is 6. The van der Waals surface area contributed by atoms with Crippen LogP contribution in [0.1, 0.15) is 36.6 Å². The van der Waals surface area contributed by atoms with Crippen molar-refractivity contribution in [1.82, 2.24) is 5.43 Å². The third-order valence-electron chi connectivity index (χ3n) is 4.06. The average molecular weight is 422 g/mol. The number of hydrazone groups is 1. The normalized spacial score (nSPS) is 10.6. The van der Waals surface area contributed by atoms with Crippen LogP contribution >= 0.6 is 11.6 Å². The van der Waals surface area contributed by atoms with E-state index in [0.717, 1.165) is 5.56 Å². The van der Waals surface area contributed by atoms with E-state index >= 15 is 0 Å². The molecule has 3 rings (SSSR count). The third-order valence-corrected chi connectivity index (χ3v) is 4.31. The maximum atomic E-state index is 12.4. The predicted octanol–water partition coefficient (Wildman–Crippen LogP) is 4.05. The van der Waals surface area contributed by atoms with Crippen molar-refractivity contribution in [2.45, 2.75) is 0 Å². The minimum atomic E-state index is -1.19. The second-order valence-corrected chi connectivity index (χ2v) is 6.57. The first-order chi connectivity index (χ1) is 14.4. The number of anilines is 1. The van der Waals surface area contributed by atoms with Crippen LogP contribution in [0.15, 0.2) is 77.9 Å². The van der Waals surface area contributed by atoms with E-state index in [4.69, 9.17) is 11.6 Å². The largest absolute Gasteiger partial charge is 0.478 e. The molecule has 7 nitrogen and oxygen atoms in total. The summed E-state index contributed by atoms with van der Waals surface area (Å²) in [5.74, 6) is -2.17. The molecule has 0 aliphatic rings. The summed E-state index contributed by atoms with van der Waals surface area (Å²) < 4.78 is 0. The Bertz CT molecular complexity index is 1110. The van der Waals surface area contributed by atoms with E-state index in [9.17, 15) is 19.5 Å². The fourth-order valence-electron chi connectivity index (χ4n) is 2.55. The first-order valence-electron chi connectivity index (χ1n) is 8.77. The lowest BCUT2D eigenvalue weighted by Gasteiger charge is -2.08. The molecule has 0 heterocycles. The van der Waals surface area contributed by atoms with Crippen LogP contribution in [0.5, 0.6) is 0 Å². The highest BCUT2D eigenvalue weighted by Crippen LogP contribution is 2.14. The number of hydrogen-bond donors (Lipinski definition) is 3. The van der Waals surface area contributed by atoms with E-state index in [1.807, 2.05) is 0 Å². The molecule has 3 aromatic carbocycles. The van der Waals surface area contributed by atoms with Crippen LogP contribution in [0.25, 0.3) is 0 Å². The van der Waals surface area contributed by atoms with Crippen LogP contribution in [0.4, 0.5) is 5.69 Å². The number of carboxylic acid groups (broad SMARTS) is 1. The summed E-state index contributed by atoms with van der Waals surface area (Å²) in [6.45, 7) is 0. The van der Waals surface area contributed by atoms with E-state index in [1.165, 1.54) is 30.5 Å². The Morgan fingerprint density at radius 2 is 1.47 bits per heavy atom. The molecule has 0 radical (unpaired) electrons. The number of hydrogen-bond acceptors (Lipinski definition) is 4. The maximum Gasteiger partial charge on any atom is 0.336 e. The van der Waals surface area contributed by atoms with Gasteiger partial charge in [-0.05, 0) is 54.1 Å². The van der Waals surface area contributed by atoms with Crippen molar-refractivity contribution in [3.63, 3.8) is 0 Å². The maximum absolute atomic E-state index is 12.4. The van der Waals surface area contributed by atoms with Crippen molar-refractivity contribution in [1.29, 1.82) is 0 Å². The van der Waals surface area contributed by atoms with Gasteiger partial charge in [0.05, 0.1) is 17.3 Å². The van der Waals surface area contributed by atoms with Crippen LogP contribution in [0, 0.1) is 0 Å². The average Bonchev–Trinajstić information content (AvgIpc) is 2.75. The summed E-state index contributed by atoms with van der Waals surface area (Å²) in [7, 11) is 0. The Kier molecular flexibility index (Phi) is 6.56. The highest BCUT2D eigenvalue weighted by molar-refractivity contribution is 6.30. The van der Waals surface area contributed by atoms with Gasteiger partial charge in [-0.25, -0.2) is 10.2 Å². The zero-order valence-corrected chi connectivity index (χ0v) is 16.3. The molecular weight excluding hydrogens is 406 g/mol. The van der Waals surface area contributed by atoms with Crippen molar-refractivity contribution in [2.24, 2.45) is 5.10 Å². The number of amides is 2. The summed E-state index contributed by atoms with van der Waals surface area (Å²) >= 11 is 5.81. The Labute approximate surface area is 177 Å². The number of nitrogens with one attached hydrogen (secondary N) is 2. The van der Waals surface area contributed by atoms with E-state index in [0.29, 0.717) is 16.3 Å². The van der Waals surface area contributed by atoms with Crippen molar-refractivity contribution in [3.05, 3.63) is 100 Å². The number of carbonyl (C=O) groups is 3. The van der Waals surface area contributed by atoms with Crippen LogP contribution in [0.3, 0.4) is 0 Å². The molecule has 0 unspecified atom stereocenters. The zero-order chi connectivity index (χ0) is 21.5. The Hall–Kier alpha value is -3.97. The smallest absolute Gasteiger partial charge is 0.336 e. The molecule has 0 spiro atoms. The molecule has 3 aromatic rings. The van der Waals surface area contributed by atoms with Crippen molar-refractivity contribution >= 4 is 41.3 Å². The summed E-state index contributed by atoms with van der Waals surface area (Å²) in [5.41, 5.74) is 3.90. The van der Waals surface area contributed by atoms with Gasteiger partial charge >= 0.3 is 5.97 Å². The third kappa shape index (κ3) is 5.30. The van der Waals surface area contributed by atoms with Gasteiger partial charge in [0.25, 0.3) is 11.8 Å². The quantitative estimate of drug-likeness (QED) is 0.412. The van der Waals surface area contributed by atoms with Gasteiger partial charge in [-0.3, -0.25) is 9.59 Å². The second-order valence-electron chi connectivity index (χ2n) is 6.13. The molecule has 30 heavy (non-hydrogen) atoms. The number of carboxylic acids is 1. The lowest BCUT2D eigenvalue weighted by molar-refractivity contribution is 0.0692. The van der Waals surface area contributed by atoms with Gasteiger partial charge in [-0.1, -0.05) is 35.9 Å². The molecule has 0 aromatic heterocycles. The summed E-state index contributed by atoms with van der Waals surface area (Å²) in [6.07, 6.45) is 1.49. The molecule has 3 N–H and O–H groups in total. The minimum Gasteiger partial charge on any atom is -0.478 e. The number of halogens is 1. The number of carbonyl (C=O) groups excluding carboxylic acids is 2. The molecule has 0 aliphatic carbocycles. The van der Waals surface area contributed by atoms with Crippen LogP contribution in [-0.2, 0) is 0 Å². The lowest BCUT2D eigenvalue weighted by Crippen LogP contribution is -2.18. The topological polar surface area (TPSA) is 108 Å². The van der Waals surface area contributed by atoms with Crippen LogP contribution in [0.2, 0.25) is 5.02 Å². The Morgan fingerprint density at radius 3 is 2.10 bits per heavy atom. The van der Waals surface area contributed by atoms with Gasteiger partial charge in [0.15, 0.2) is 0 Å². The molecule has 8 heteroatoms. The van der Waals surface area contributed by atoms with Crippen LogP contribution in [-0.4, -0.2) is 29.1 Å². The molecule has 0 fully saturated rings. The highest BCUT2D eigenvalue weighted by Gasteiger charge is 2.16. The summed E-state index contributed by atoms with van der Waals surface area (Å²) in [4.78, 5) is 35.8. The molecule has 0 atom stereocenters. The molecule has 0 bridgehead atoms. The first kappa shape index (κ1) is 20.8. The van der Waals surface area contributed by atoms with E-state index in [1.54, 1.807) is 48.5 Å². The minimum absolute atomic E-state index is 0.0448. The molecule has 0 saturated carbocycles. The van der Waals surface area contributed by atoms with Crippen molar-refractivity contribution in [2.75, 3.05) is 5.32 Å². The number of nitrogens with zero attached hydrogens (tertiary/aromatic N) is 1. The molecule has 150 valence electrons. The van der Waals surface area contributed by atoms with E-state index in [2.05, 4.69) is 15.8 Å². The predicted molar refractivity (Wildman–Crippen MR) is 114 cm³/mol. The van der Waals surface area contributed by atoms with Gasteiger partial charge in [-0.15, -0.1) is 0 Å². The lowest BCUT2D eigenvalue weighted by atomic mass is 10.1. The van der Waals surface area contributed by atoms with E-state index in [-0.39, 0.29) is 11.1 Å². The molecule has 0 aliphatic heterocycles. The fourth-order valence-corrected chi connectivity index (χ4v) is 2.68. The summed E-state index contributed by atoms with van der Waals surface area (Å²) in [6, 6.07) is 19.0. The number of aromatic carboxylic acids is 1. The highest BCUT2D eigenvalue weighted by atomic mass is 35.5. The SMILES string of the molecule is O=C(N/N=C/c1ccc(Cl)cc1)c1ccc(NC(=O)c2ccccc2C(=O)O)cc1. The zero-order valence-electron chi connectivity index (χ0n) is 15.5. The monoisotopic (exact) mass is 421 g/mol.